The second-order valence-corrected chi connectivity index (χ2v) is 8.46. The average molecular weight is 418 g/mol. The van der Waals surface area contributed by atoms with Crippen LogP contribution in [0.5, 0.6) is 0 Å². The monoisotopic (exact) mass is 417 g/mol. The third-order valence-corrected chi connectivity index (χ3v) is 6.04. The number of thioether (sulfide) groups is 1. The maximum atomic E-state index is 12.5. The third kappa shape index (κ3) is 5.29. The molecule has 0 saturated heterocycles. The summed E-state index contributed by atoms with van der Waals surface area (Å²) in [6, 6.07) is 1.55. The lowest BCUT2D eigenvalue weighted by molar-refractivity contribution is -0.119. The SMILES string of the molecule is C=CCn1c(SC(C)C(=O)NC(=O)NC2CCCCC2)nnc1-c1ccoc1C. The van der Waals surface area contributed by atoms with E-state index in [2.05, 4.69) is 27.4 Å². The fourth-order valence-corrected chi connectivity index (χ4v) is 4.24. The predicted octanol–water partition coefficient (Wildman–Crippen LogP) is 3.67. The number of urea groups is 1. The Balaban J connectivity index is 1.63. The minimum Gasteiger partial charge on any atom is -0.469 e. The van der Waals surface area contributed by atoms with E-state index in [1.807, 2.05) is 17.6 Å². The molecule has 0 bridgehead atoms. The van der Waals surface area contributed by atoms with Crippen LogP contribution in [0.15, 0.2) is 34.6 Å². The van der Waals surface area contributed by atoms with E-state index in [4.69, 9.17) is 4.42 Å². The molecule has 1 atom stereocenters. The molecule has 29 heavy (non-hydrogen) atoms. The van der Waals surface area contributed by atoms with Crippen LogP contribution in [0.4, 0.5) is 4.79 Å². The molecule has 1 aliphatic rings. The largest absolute Gasteiger partial charge is 0.469 e. The number of carbonyl (C=O) groups is 2. The Bertz CT molecular complexity index is 869. The molecule has 2 N–H and O–H groups in total. The highest BCUT2D eigenvalue weighted by Gasteiger charge is 2.24. The van der Waals surface area contributed by atoms with Crippen molar-refractivity contribution in [2.24, 2.45) is 0 Å². The topological polar surface area (TPSA) is 102 Å². The van der Waals surface area contributed by atoms with Gasteiger partial charge < -0.3 is 9.73 Å². The van der Waals surface area contributed by atoms with Crippen molar-refractivity contribution in [1.82, 2.24) is 25.4 Å². The van der Waals surface area contributed by atoms with Crippen molar-refractivity contribution in [3.05, 3.63) is 30.7 Å². The lowest BCUT2D eigenvalue weighted by atomic mass is 9.96. The molecule has 9 heteroatoms. The number of allylic oxidation sites excluding steroid dienone is 1. The van der Waals surface area contributed by atoms with E-state index in [0.717, 1.165) is 37.0 Å². The van der Waals surface area contributed by atoms with E-state index in [1.54, 1.807) is 19.3 Å². The van der Waals surface area contributed by atoms with E-state index in [9.17, 15) is 9.59 Å². The number of aromatic nitrogens is 3. The van der Waals surface area contributed by atoms with E-state index in [1.165, 1.54) is 18.2 Å². The molecule has 156 valence electrons. The van der Waals surface area contributed by atoms with Gasteiger partial charge in [-0.15, -0.1) is 16.8 Å². The van der Waals surface area contributed by atoms with Crippen LogP contribution in [0.3, 0.4) is 0 Å². The summed E-state index contributed by atoms with van der Waals surface area (Å²) in [5.74, 6) is 1.03. The minimum atomic E-state index is -0.516. The number of carbonyl (C=O) groups excluding carboxylic acids is 2. The number of aryl methyl sites for hydroxylation is 1. The number of imide groups is 1. The van der Waals surface area contributed by atoms with Gasteiger partial charge in [0.05, 0.1) is 17.1 Å². The number of rotatable bonds is 7. The highest BCUT2D eigenvalue weighted by Crippen LogP contribution is 2.29. The summed E-state index contributed by atoms with van der Waals surface area (Å²) < 4.78 is 7.24. The minimum absolute atomic E-state index is 0.149. The maximum Gasteiger partial charge on any atom is 0.321 e. The molecule has 0 aromatic carbocycles. The summed E-state index contributed by atoms with van der Waals surface area (Å²) >= 11 is 1.25. The zero-order chi connectivity index (χ0) is 20.8. The molecule has 1 fully saturated rings. The number of nitrogens with zero attached hydrogens (tertiary/aromatic N) is 3. The predicted molar refractivity (Wildman–Crippen MR) is 112 cm³/mol. The van der Waals surface area contributed by atoms with Crippen molar-refractivity contribution in [3.8, 4) is 11.4 Å². The first-order chi connectivity index (χ1) is 14.0. The first-order valence-corrected chi connectivity index (χ1v) is 10.7. The summed E-state index contributed by atoms with van der Waals surface area (Å²) in [5.41, 5.74) is 0.843. The Morgan fingerprint density at radius 1 is 1.38 bits per heavy atom. The van der Waals surface area contributed by atoms with Gasteiger partial charge in [-0.2, -0.15) is 0 Å². The van der Waals surface area contributed by atoms with Crippen LogP contribution in [0.25, 0.3) is 11.4 Å². The highest BCUT2D eigenvalue weighted by atomic mass is 32.2. The van der Waals surface area contributed by atoms with Gasteiger partial charge in [-0.3, -0.25) is 14.7 Å². The van der Waals surface area contributed by atoms with E-state index in [0.29, 0.717) is 17.5 Å². The molecule has 3 amide bonds. The highest BCUT2D eigenvalue weighted by molar-refractivity contribution is 8.00. The Morgan fingerprint density at radius 2 is 2.14 bits per heavy atom. The molecule has 2 aromatic heterocycles. The Labute approximate surface area is 174 Å². The van der Waals surface area contributed by atoms with Gasteiger partial charge in [0.15, 0.2) is 11.0 Å². The van der Waals surface area contributed by atoms with Crippen molar-refractivity contribution in [2.75, 3.05) is 0 Å². The molecule has 1 unspecified atom stereocenters. The lowest BCUT2D eigenvalue weighted by Crippen LogP contribution is -2.47. The normalized spacial score (nSPS) is 15.7. The smallest absolute Gasteiger partial charge is 0.321 e. The summed E-state index contributed by atoms with van der Waals surface area (Å²) in [6.07, 6.45) is 8.71. The quantitative estimate of drug-likeness (QED) is 0.526. The number of hydrogen-bond acceptors (Lipinski definition) is 6. The summed E-state index contributed by atoms with van der Waals surface area (Å²) in [4.78, 5) is 24.6. The standard InChI is InChI=1S/C20H27N5O3S/c1-4-11-25-17(16-10-12-28-13(16)2)23-24-20(25)29-14(3)18(26)22-19(27)21-15-8-6-5-7-9-15/h4,10,12,14-15H,1,5-9,11H2,2-3H3,(H2,21,22,26,27). The van der Waals surface area contributed by atoms with Crippen molar-refractivity contribution in [3.63, 3.8) is 0 Å². The molecule has 8 nitrogen and oxygen atoms in total. The van der Waals surface area contributed by atoms with Crippen LogP contribution in [0.1, 0.15) is 44.8 Å². The molecule has 0 radical (unpaired) electrons. The van der Waals surface area contributed by atoms with E-state index in [-0.39, 0.29) is 11.9 Å². The van der Waals surface area contributed by atoms with Gasteiger partial charge >= 0.3 is 6.03 Å². The zero-order valence-corrected chi connectivity index (χ0v) is 17.6. The fraction of sp³-hybridized carbons (Fsp3) is 0.500. The molecule has 2 heterocycles. The van der Waals surface area contributed by atoms with Crippen LogP contribution >= 0.6 is 11.8 Å². The van der Waals surface area contributed by atoms with E-state index >= 15 is 0 Å². The van der Waals surface area contributed by atoms with Crippen molar-refractivity contribution >= 4 is 23.7 Å². The number of nitrogens with one attached hydrogen (secondary N) is 2. The number of amides is 3. The number of furan rings is 1. The van der Waals surface area contributed by atoms with Gasteiger partial charge in [0, 0.05) is 12.6 Å². The molecule has 0 spiro atoms. The number of hydrogen-bond donors (Lipinski definition) is 2. The molecule has 1 aliphatic carbocycles. The first-order valence-electron chi connectivity index (χ1n) is 9.86. The van der Waals surface area contributed by atoms with Crippen molar-refractivity contribution < 1.29 is 14.0 Å². The second-order valence-electron chi connectivity index (χ2n) is 7.15. The van der Waals surface area contributed by atoms with Gasteiger partial charge in [0.1, 0.15) is 5.76 Å². The molecule has 0 aliphatic heterocycles. The summed E-state index contributed by atoms with van der Waals surface area (Å²) in [7, 11) is 0. The van der Waals surface area contributed by atoms with Crippen molar-refractivity contribution in [2.45, 2.75) is 68.9 Å². The van der Waals surface area contributed by atoms with Crippen molar-refractivity contribution in [1.29, 1.82) is 0 Å². The van der Waals surface area contributed by atoms with Gasteiger partial charge in [-0.25, -0.2) is 4.79 Å². The molecular formula is C20H27N5O3S. The Hall–Kier alpha value is -2.55. The van der Waals surface area contributed by atoms with Gasteiger partial charge in [-0.05, 0) is 32.8 Å². The van der Waals surface area contributed by atoms with Gasteiger partial charge in [0.25, 0.3) is 0 Å². The average Bonchev–Trinajstić information content (AvgIpc) is 3.28. The Morgan fingerprint density at radius 3 is 2.79 bits per heavy atom. The Kier molecular flexibility index (Phi) is 7.13. The second kappa shape index (κ2) is 9.78. The zero-order valence-electron chi connectivity index (χ0n) is 16.8. The van der Waals surface area contributed by atoms with Crippen LogP contribution in [0.2, 0.25) is 0 Å². The molecule has 1 saturated carbocycles. The maximum absolute atomic E-state index is 12.5. The summed E-state index contributed by atoms with van der Waals surface area (Å²) in [6.45, 7) is 7.88. The third-order valence-electron chi connectivity index (χ3n) is 4.96. The lowest BCUT2D eigenvalue weighted by Gasteiger charge is -2.23. The van der Waals surface area contributed by atoms with Crippen LogP contribution in [-0.4, -0.2) is 38.0 Å². The molecule has 2 aromatic rings. The molecular weight excluding hydrogens is 390 g/mol. The van der Waals surface area contributed by atoms with Gasteiger partial charge in [-0.1, -0.05) is 37.1 Å². The fourth-order valence-electron chi connectivity index (χ4n) is 3.38. The van der Waals surface area contributed by atoms with Crippen LogP contribution in [-0.2, 0) is 11.3 Å². The van der Waals surface area contributed by atoms with E-state index < -0.39 is 11.3 Å². The molecule has 3 rings (SSSR count). The van der Waals surface area contributed by atoms with Crippen LogP contribution < -0.4 is 10.6 Å². The van der Waals surface area contributed by atoms with Crippen LogP contribution in [0, 0.1) is 6.92 Å². The summed E-state index contributed by atoms with van der Waals surface area (Å²) in [5, 5.41) is 13.9. The van der Waals surface area contributed by atoms with Gasteiger partial charge in [0.2, 0.25) is 5.91 Å². The first kappa shape index (κ1) is 21.2.